The molecule has 0 bridgehead atoms. The summed E-state index contributed by atoms with van der Waals surface area (Å²) < 4.78 is 0. The van der Waals surface area contributed by atoms with Crippen molar-refractivity contribution in [1.82, 2.24) is 10.5 Å². The van der Waals surface area contributed by atoms with Crippen molar-refractivity contribution >= 4 is 5.70 Å². The monoisotopic (exact) mass is 352 g/mol. The fraction of sp³-hybridized carbons (Fsp3) is 0.409. The van der Waals surface area contributed by atoms with Gasteiger partial charge in [0, 0.05) is 18.0 Å². The predicted octanol–water partition coefficient (Wildman–Crippen LogP) is 5.00. The SMILES string of the molecule is CC(C)(C)c1cc(C2C=C(c3ccncc3)NO2)cc(C(C)(C)C)c1O. The van der Waals surface area contributed by atoms with Gasteiger partial charge in [0.15, 0.2) is 0 Å². The number of aromatic nitrogens is 1. The second-order valence-electron chi connectivity index (χ2n) is 8.92. The van der Waals surface area contributed by atoms with Gasteiger partial charge in [-0.25, -0.2) is 0 Å². The minimum absolute atomic E-state index is 0.163. The minimum Gasteiger partial charge on any atom is -0.507 e. The zero-order valence-electron chi connectivity index (χ0n) is 16.4. The van der Waals surface area contributed by atoms with Gasteiger partial charge in [0.1, 0.15) is 11.9 Å². The predicted molar refractivity (Wildman–Crippen MR) is 105 cm³/mol. The van der Waals surface area contributed by atoms with Crippen LogP contribution in [0.4, 0.5) is 0 Å². The minimum atomic E-state index is -0.207. The highest BCUT2D eigenvalue weighted by Gasteiger charge is 2.29. The molecule has 3 rings (SSSR count). The van der Waals surface area contributed by atoms with Crippen LogP contribution < -0.4 is 5.48 Å². The molecule has 1 unspecified atom stereocenters. The van der Waals surface area contributed by atoms with Gasteiger partial charge in [-0.05, 0) is 57.9 Å². The molecule has 0 amide bonds. The summed E-state index contributed by atoms with van der Waals surface area (Å²) in [5.74, 6) is 0.387. The number of hydrogen-bond acceptors (Lipinski definition) is 4. The van der Waals surface area contributed by atoms with Crippen molar-refractivity contribution in [1.29, 1.82) is 0 Å². The Morgan fingerprint density at radius 2 is 1.50 bits per heavy atom. The average Bonchev–Trinajstić information content (AvgIpc) is 3.03. The van der Waals surface area contributed by atoms with Crippen LogP contribution in [0.3, 0.4) is 0 Å². The van der Waals surface area contributed by atoms with E-state index < -0.39 is 0 Å². The molecule has 0 aliphatic carbocycles. The molecule has 4 nitrogen and oxygen atoms in total. The van der Waals surface area contributed by atoms with Gasteiger partial charge >= 0.3 is 0 Å². The van der Waals surface area contributed by atoms with Crippen molar-refractivity contribution in [3.63, 3.8) is 0 Å². The molecule has 26 heavy (non-hydrogen) atoms. The maximum Gasteiger partial charge on any atom is 0.131 e. The Labute approximate surface area is 155 Å². The zero-order chi connectivity index (χ0) is 19.1. The lowest BCUT2D eigenvalue weighted by molar-refractivity contribution is 0.0509. The number of benzene rings is 1. The third-order valence-electron chi connectivity index (χ3n) is 4.68. The Hall–Kier alpha value is -2.33. The maximum absolute atomic E-state index is 10.9. The zero-order valence-corrected chi connectivity index (χ0v) is 16.4. The van der Waals surface area contributed by atoms with Gasteiger partial charge in [0.2, 0.25) is 0 Å². The molecule has 138 valence electrons. The lowest BCUT2D eigenvalue weighted by atomic mass is 9.78. The van der Waals surface area contributed by atoms with E-state index in [-0.39, 0.29) is 16.9 Å². The van der Waals surface area contributed by atoms with Crippen LogP contribution >= 0.6 is 0 Å². The van der Waals surface area contributed by atoms with Gasteiger partial charge < -0.3 is 5.11 Å². The van der Waals surface area contributed by atoms with Gasteiger partial charge in [0.25, 0.3) is 0 Å². The molecule has 1 aliphatic heterocycles. The summed E-state index contributed by atoms with van der Waals surface area (Å²) in [6.07, 6.45) is 5.39. The number of phenolic OH excluding ortho intramolecular Hbond substituents is 1. The maximum atomic E-state index is 10.9. The van der Waals surface area contributed by atoms with Crippen molar-refractivity contribution < 1.29 is 9.94 Å². The number of hydroxylamine groups is 1. The van der Waals surface area contributed by atoms with Crippen molar-refractivity contribution in [2.24, 2.45) is 0 Å². The van der Waals surface area contributed by atoms with Gasteiger partial charge in [-0.2, -0.15) is 0 Å². The number of nitrogens with one attached hydrogen (secondary N) is 1. The molecular formula is C22H28N2O2. The van der Waals surface area contributed by atoms with Crippen molar-refractivity contribution in [2.45, 2.75) is 58.5 Å². The van der Waals surface area contributed by atoms with Crippen LogP contribution in [0.5, 0.6) is 5.75 Å². The first-order valence-corrected chi connectivity index (χ1v) is 8.99. The van der Waals surface area contributed by atoms with E-state index >= 15 is 0 Å². The Balaban J connectivity index is 2.07. The second-order valence-corrected chi connectivity index (χ2v) is 8.92. The van der Waals surface area contributed by atoms with Gasteiger partial charge in [0.05, 0.1) is 5.70 Å². The number of hydrogen-bond donors (Lipinski definition) is 2. The lowest BCUT2D eigenvalue weighted by Gasteiger charge is -2.28. The number of nitrogens with zero attached hydrogens (tertiary/aromatic N) is 1. The molecule has 2 heterocycles. The van der Waals surface area contributed by atoms with E-state index in [0.717, 1.165) is 28.0 Å². The van der Waals surface area contributed by atoms with Crippen LogP contribution in [0.15, 0.2) is 42.7 Å². The normalized spacial score (nSPS) is 17.8. The number of phenols is 1. The van der Waals surface area contributed by atoms with Crippen LogP contribution in [0.25, 0.3) is 5.70 Å². The molecule has 0 radical (unpaired) electrons. The smallest absolute Gasteiger partial charge is 0.131 e. The Kier molecular flexibility index (Phi) is 4.57. The van der Waals surface area contributed by atoms with Gasteiger partial charge in [-0.15, -0.1) is 0 Å². The fourth-order valence-corrected chi connectivity index (χ4v) is 3.16. The first-order chi connectivity index (χ1) is 12.1. The Bertz CT molecular complexity index is 792. The number of pyridine rings is 1. The molecular weight excluding hydrogens is 324 g/mol. The highest BCUT2D eigenvalue weighted by molar-refractivity contribution is 5.65. The van der Waals surface area contributed by atoms with E-state index in [2.05, 4.69) is 70.2 Å². The molecule has 2 N–H and O–H groups in total. The summed E-state index contributed by atoms with van der Waals surface area (Å²) in [6, 6.07) is 8.01. The third kappa shape index (κ3) is 3.61. The van der Waals surface area contributed by atoms with Crippen LogP contribution in [-0.4, -0.2) is 10.1 Å². The van der Waals surface area contributed by atoms with Gasteiger partial charge in [-0.3, -0.25) is 15.3 Å². The van der Waals surface area contributed by atoms with Crippen molar-refractivity contribution in [3.8, 4) is 5.75 Å². The molecule has 0 saturated heterocycles. The van der Waals surface area contributed by atoms with E-state index in [1.807, 2.05) is 12.1 Å². The summed E-state index contributed by atoms with van der Waals surface area (Å²) in [7, 11) is 0. The molecule has 2 aromatic rings. The quantitative estimate of drug-likeness (QED) is 0.799. The number of rotatable bonds is 2. The molecule has 1 aromatic heterocycles. The van der Waals surface area contributed by atoms with E-state index in [1.54, 1.807) is 12.4 Å². The molecule has 0 fully saturated rings. The summed E-state index contributed by atoms with van der Waals surface area (Å²) in [6.45, 7) is 12.7. The second kappa shape index (κ2) is 6.44. The van der Waals surface area contributed by atoms with Crippen molar-refractivity contribution in [3.05, 3.63) is 65.0 Å². The van der Waals surface area contributed by atoms with Crippen LogP contribution in [0.1, 0.15) is 69.9 Å². The van der Waals surface area contributed by atoms with Crippen LogP contribution in [0.2, 0.25) is 0 Å². The molecule has 0 spiro atoms. The van der Waals surface area contributed by atoms with E-state index in [9.17, 15) is 5.11 Å². The molecule has 1 aliphatic rings. The molecule has 0 saturated carbocycles. The Morgan fingerprint density at radius 1 is 0.962 bits per heavy atom. The average molecular weight is 352 g/mol. The largest absolute Gasteiger partial charge is 0.507 e. The van der Waals surface area contributed by atoms with Crippen molar-refractivity contribution in [2.75, 3.05) is 0 Å². The summed E-state index contributed by atoms with van der Waals surface area (Å²) in [5.41, 5.74) is 7.58. The molecule has 1 atom stereocenters. The highest BCUT2D eigenvalue weighted by atomic mass is 16.7. The lowest BCUT2D eigenvalue weighted by Crippen LogP contribution is -2.18. The molecule has 1 aromatic carbocycles. The van der Waals surface area contributed by atoms with Gasteiger partial charge in [-0.1, -0.05) is 41.5 Å². The summed E-state index contributed by atoms with van der Waals surface area (Å²) in [4.78, 5) is 9.89. The standard InChI is InChI=1S/C22H28N2O2/c1-21(2,3)16-11-15(12-17(20(16)25)22(4,5)6)19-13-18(24-26-19)14-7-9-23-10-8-14/h7-13,19,24-25H,1-6H3. The van der Waals surface area contributed by atoms with E-state index in [0.29, 0.717) is 5.75 Å². The first-order valence-electron chi connectivity index (χ1n) is 8.99. The number of aromatic hydroxyl groups is 1. The van der Waals surface area contributed by atoms with Crippen LogP contribution in [-0.2, 0) is 15.7 Å². The summed E-state index contributed by atoms with van der Waals surface area (Å²) in [5, 5.41) is 10.9. The van der Waals surface area contributed by atoms with E-state index in [1.165, 1.54) is 0 Å². The highest BCUT2D eigenvalue weighted by Crippen LogP contribution is 2.42. The fourth-order valence-electron chi connectivity index (χ4n) is 3.16. The van der Waals surface area contributed by atoms with E-state index in [4.69, 9.17) is 4.84 Å². The Morgan fingerprint density at radius 3 is 2.00 bits per heavy atom. The van der Waals surface area contributed by atoms with Crippen LogP contribution in [0, 0.1) is 0 Å². The third-order valence-corrected chi connectivity index (χ3v) is 4.68. The summed E-state index contributed by atoms with van der Waals surface area (Å²) >= 11 is 0. The topological polar surface area (TPSA) is 54.4 Å². The first kappa shape index (κ1) is 18.5. The molecule has 4 heteroatoms.